The lowest BCUT2D eigenvalue weighted by Gasteiger charge is -2.33. The molecule has 1 aliphatic carbocycles. The van der Waals surface area contributed by atoms with E-state index in [-0.39, 0.29) is 0 Å². The lowest BCUT2D eigenvalue weighted by Crippen LogP contribution is -2.47. The van der Waals surface area contributed by atoms with E-state index in [9.17, 15) is 0 Å². The number of aliphatic imine (C=N–C) groups is 1. The van der Waals surface area contributed by atoms with E-state index in [2.05, 4.69) is 16.8 Å². The fourth-order valence-electron chi connectivity index (χ4n) is 2.87. The number of piperidine rings is 1. The van der Waals surface area contributed by atoms with Crippen molar-refractivity contribution in [3.05, 3.63) is 0 Å². The van der Waals surface area contributed by atoms with Gasteiger partial charge in [0.25, 0.3) is 0 Å². The van der Waals surface area contributed by atoms with Crippen molar-refractivity contribution in [3.8, 4) is 0 Å². The first-order chi connectivity index (χ1) is 8.79. The molecule has 1 saturated heterocycles. The van der Waals surface area contributed by atoms with Gasteiger partial charge in [-0.25, -0.2) is 4.99 Å². The average molecular weight is 253 g/mol. The van der Waals surface area contributed by atoms with Crippen molar-refractivity contribution < 1.29 is 4.74 Å². The summed E-state index contributed by atoms with van der Waals surface area (Å²) < 4.78 is 5.83. The van der Waals surface area contributed by atoms with Gasteiger partial charge in [0, 0.05) is 19.7 Å². The minimum atomic E-state index is 0.344. The van der Waals surface area contributed by atoms with Gasteiger partial charge in [-0.05, 0) is 32.1 Å². The summed E-state index contributed by atoms with van der Waals surface area (Å²) in [7, 11) is 0. The number of hydrogen-bond donors (Lipinski definition) is 1. The smallest absolute Gasteiger partial charge is 0.191 e. The highest BCUT2D eigenvalue weighted by atomic mass is 16.5. The first-order valence-corrected chi connectivity index (χ1v) is 7.49. The average Bonchev–Trinajstić information content (AvgIpc) is 2.89. The molecule has 1 heterocycles. The zero-order chi connectivity index (χ0) is 12.8. The van der Waals surface area contributed by atoms with Crippen LogP contribution in [0.2, 0.25) is 0 Å². The number of likely N-dealkylation sites (tertiary alicyclic amines) is 1. The first-order valence-electron chi connectivity index (χ1n) is 7.49. The van der Waals surface area contributed by atoms with Gasteiger partial charge in [-0.1, -0.05) is 19.8 Å². The third kappa shape index (κ3) is 3.87. The maximum atomic E-state index is 6.14. The van der Waals surface area contributed by atoms with Crippen LogP contribution >= 0.6 is 0 Å². The van der Waals surface area contributed by atoms with E-state index in [4.69, 9.17) is 10.5 Å². The van der Waals surface area contributed by atoms with Crippen LogP contribution in [-0.2, 0) is 4.74 Å². The van der Waals surface area contributed by atoms with E-state index in [1.54, 1.807) is 0 Å². The quantitative estimate of drug-likeness (QED) is 0.617. The molecule has 0 aromatic rings. The van der Waals surface area contributed by atoms with Crippen LogP contribution in [0.25, 0.3) is 0 Å². The molecule has 0 radical (unpaired) electrons. The van der Waals surface area contributed by atoms with Crippen LogP contribution in [0, 0.1) is 0 Å². The Bertz CT molecular complexity index is 274. The van der Waals surface area contributed by atoms with Gasteiger partial charge in [0.15, 0.2) is 5.96 Å². The summed E-state index contributed by atoms with van der Waals surface area (Å²) in [5, 5.41) is 0. The molecule has 18 heavy (non-hydrogen) atoms. The molecular weight excluding hydrogens is 226 g/mol. The summed E-state index contributed by atoms with van der Waals surface area (Å²) in [5.74, 6) is 0.742. The van der Waals surface area contributed by atoms with Crippen molar-refractivity contribution in [2.45, 2.75) is 64.0 Å². The Balaban J connectivity index is 1.83. The van der Waals surface area contributed by atoms with Gasteiger partial charge >= 0.3 is 0 Å². The van der Waals surface area contributed by atoms with Gasteiger partial charge in [0.05, 0.1) is 12.1 Å². The summed E-state index contributed by atoms with van der Waals surface area (Å²) in [6.07, 6.45) is 8.79. The maximum absolute atomic E-state index is 6.14. The van der Waals surface area contributed by atoms with Crippen LogP contribution in [0.5, 0.6) is 0 Å². The highest BCUT2D eigenvalue weighted by Gasteiger charge is 2.22. The normalized spacial score (nSPS) is 26.8. The molecule has 1 saturated carbocycles. The molecule has 0 aromatic carbocycles. The fourth-order valence-corrected chi connectivity index (χ4v) is 2.87. The first kappa shape index (κ1) is 13.7. The number of hydrogen-bond acceptors (Lipinski definition) is 2. The van der Waals surface area contributed by atoms with Crippen LogP contribution < -0.4 is 5.73 Å². The second-order valence-electron chi connectivity index (χ2n) is 5.51. The molecule has 4 nitrogen and oxygen atoms in total. The number of ether oxygens (including phenoxy) is 1. The summed E-state index contributed by atoms with van der Waals surface area (Å²) in [6, 6.07) is 0.474. The Kier molecular flexibility index (Phi) is 5.29. The Hall–Kier alpha value is -0.770. The molecule has 2 aliphatic rings. The second kappa shape index (κ2) is 6.98. The van der Waals surface area contributed by atoms with Gasteiger partial charge in [0.1, 0.15) is 0 Å². The van der Waals surface area contributed by atoms with E-state index in [0.29, 0.717) is 12.1 Å². The summed E-state index contributed by atoms with van der Waals surface area (Å²) >= 11 is 0. The maximum Gasteiger partial charge on any atom is 0.191 e. The fraction of sp³-hybridized carbons (Fsp3) is 0.929. The van der Waals surface area contributed by atoms with Crippen LogP contribution in [-0.4, -0.2) is 42.7 Å². The third-order valence-corrected chi connectivity index (χ3v) is 3.90. The molecule has 0 amide bonds. The predicted octanol–water partition coefficient (Wildman–Crippen LogP) is 2.13. The molecule has 1 aliphatic heterocycles. The topological polar surface area (TPSA) is 50.9 Å². The van der Waals surface area contributed by atoms with Gasteiger partial charge < -0.3 is 15.4 Å². The Morgan fingerprint density at radius 1 is 1.28 bits per heavy atom. The molecular formula is C14H27N3O. The highest BCUT2D eigenvalue weighted by molar-refractivity contribution is 5.78. The van der Waals surface area contributed by atoms with Crippen LogP contribution in [0.1, 0.15) is 51.9 Å². The van der Waals surface area contributed by atoms with E-state index >= 15 is 0 Å². The molecule has 0 aromatic heterocycles. The Morgan fingerprint density at radius 3 is 2.78 bits per heavy atom. The lowest BCUT2D eigenvalue weighted by atomic mass is 10.1. The number of nitrogens with two attached hydrogens (primary N) is 1. The SMILES string of the molecule is CCCOC1CCCN(C(N)=NC2CCCC2)C1. The standard InChI is InChI=1S/C14H27N3O/c1-2-10-18-13-8-5-9-17(11-13)14(15)16-12-6-3-4-7-12/h12-13H,2-11H2,1H3,(H2,15,16). The minimum Gasteiger partial charge on any atom is -0.376 e. The third-order valence-electron chi connectivity index (χ3n) is 3.90. The molecule has 104 valence electrons. The molecule has 2 fully saturated rings. The van der Waals surface area contributed by atoms with Crippen molar-refractivity contribution in [2.24, 2.45) is 10.7 Å². The van der Waals surface area contributed by atoms with Crippen molar-refractivity contribution in [1.82, 2.24) is 4.90 Å². The zero-order valence-corrected chi connectivity index (χ0v) is 11.6. The van der Waals surface area contributed by atoms with Crippen molar-refractivity contribution >= 4 is 5.96 Å². The molecule has 0 bridgehead atoms. The van der Waals surface area contributed by atoms with Crippen molar-refractivity contribution in [2.75, 3.05) is 19.7 Å². The van der Waals surface area contributed by atoms with Gasteiger partial charge in [-0.2, -0.15) is 0 Å². The van der Waals surface area contributed by atoms with Crippen LogP contribution in [0.3, 0.4) is 0 Å². The zero-order valence-electron chi connectivity index (χ0n) is 11.6. The van der Waals surface area contributed by atoms with Crippen molar-refractivity contribution in [3.63, 3.8) is 0 Å². The second-order valence-corrected chi connectivity index (χ2v) is 5.51. The molecule has 1 unspecified atom stereocenters. The van der Waals surface area contributed by atoms with E-state index in [0.717, 1.165) is 44.9 Å². The number of nitrogens with zero attached hydrogens (tertiary/aromatic N) is 2. The largest absolute Gasteiger partial charge is 0.376 e. The summed E-state index contributed by atoms with van der Waals surface area (Å²) in [4.78, 5) is 6.89. The van der Waals surface area contributed by atoms with Gasteiger partial charge in [-0.3, -0.25) is 0 Å². The molecule has 2 N–H and O–H groups in total. The highest BCUT2D eigenvalue weighted by Crippen LogP contribution is 2.21. The monoisotopic (exact) mass is 253 g/mol. The predicted molar refractivity (Wildman–Crippen MR) is 74.7 cm³/mol. The lowest BCUT2D eigenvalue weighted by molar-refractivity contribution is 0.0162. The van der Waals surface area contributed by atoms with E-state index in [1.807, 2.05) is 0 Å². The van der Waals surface area contributed by atoms with Gasteiger partial charge in [-0.15, -0.1) is 0 Å². The van der Waals surface area contributed by atoms with Gasteiger partial charge in [0.2, 0.25) is 0 Å². The molecule has 1 atom stereocenters. The molecule has 2 rings (SSSR count). The Morgan fingerprint density at radius 2 is 2.06 bits per heavy atom. The Labute approximate surface area is 111 Å². The number of rotatable bonds is 4. The van der Waals surface area contributed by atoms with Crippen molar-refractivity contribution in [1.29, 1.82) is 0 Å². The van der Waals surface area contributed by atoms with E-state index in [1.165, 1.54) is 25.7 Å². The minimum absolute atomic E-state index is 0.344. The summed E-state index contributed by atoms with van der Waals surface area (Å²) in [6.45, 7) is 4.96. The summed E-state index contributed by atoms with van der Waals surface area (Å²) in [5.41, 5.74) is 6.14. The van der Waals surface area contributed by atoms with Crippen LogP contribution in [0.15, 0.2) is 4.99 Å². The van der Waals surface area contributed by atoms with Crippen LogP contribution in [0.4, 0.5) is 0 Å². The molecule has 0 spiro atoms. The van der Waals surface area contributed by atoms with E-state index < -0.39 is 0 Å². The number of guanidine groups is 1. The molecule has 4 heteroatoms.